The molecule has 5 rings (SSSR count). The molecule has 1 N–H and O–H groups in total. The fourth-order valence-corrected chi connectivity index (χ4v) is 4.27. The monoisotopic (exact) mass is 389 g/mol. The lowest BCUT2D eigenvalue weighted by molar-refractivity contribution is 0.0698. The summed E-state index contributed by atoms with van der Waals surface area (Å²) in [6, 6.07) is 9.55. The standard InChI is InChI=1S/C22H23N5O2/c28-22(21-17-9-4-10-18(17)25-26-21)27-11-5-6-15(14-27)19-12-23-13-20(24-19)29-16-7-2-1-3-8-16/h1-3,7-8,12-13,15H,4-6,9-11,14H2,(H,25,26)/t15-/m0/s1. The summed E-state index contributed by atoms with van der Waals surface area (Å²) in [5.74, 6) is 1.37. The van der Waals surface area contributed by atoms with Crippen molar-refractivity contribution >= 4 is 5.91 Å². The molecule has 2 aromatic heterocycles. The van der Waals surface area contributed by atoms with Gasteiger partial charge in [-0.1, -0.05) is 18.2 Å². The number of hydrogen-bond acceptors (Lipinski definition) is 5. The Morgan fingerprint density at radius 1 is 1.14 bits per heavy atom. The Bertz CT molecular complexity index is 1020. The lowest BCUT2D eigenvalue weighted by Crippen LogP contribution is -2.39. The summed E-state index contributed by atoms with van der Waals surface area (Å²) in [5.41, 5.74) is 3.70. The molecule has 0 bridgehead atoms. The molecule has 1 fully saturated rings. The normalized spacial score (nSPS) is 18.5. The van der Waals surface area contributed by atoms with Crippen LogP contribution in [0.4, 0.5) is 0 Å². The Morgan fingerprint density at radius 3 is 2.93 bits per heavy atom. The van der Waals surface area contributed by atoms with Gasteiger partial charge in [0.15, 0.2) is 5.69 Å². The van der Waals surface area contributed by atoms with Crippen molar-refractivity contribution in [3.05, 3.63) is 65.4 Å². The highest BCUT2D eigenvalue weighted by Crippen LogP contribution is 2.30. The largest absolute Gasteiger partial charge is 0.437 e. The summed E-state index contributed by atoms with van der Waals surface area (Å²) in [4.78, 5) is 24.0. The first-order chi connectivity index (χ1) is 14.3. The predicted molar refractivity (Wildman–Crippen MR) is 107 cm³/mol. The zero-order valence-corrected chi connectivity index (χ0v) is 16.2. The van der Waals surface area contributed by atoms with E-state index in [1.54, 1.807) is 12.4 Å². The molecule has 7 nitrogen and oxygen atoms in total. The van der Waals surface area contributed by atoms with Gasteiger partial charge in [-0.2, -0.15) is 5.10 Å². The van der Waals surface area contributed by atoms with Crippen molar-refractivity contribution in [1.82, 2.24) is 25.1 Å². The minimum absolute atomic E-state index is 0.0266. The number of hydrogen-bond donors (Lipinski definition) is 1. The maximum Gasteiger partial charge on any atom is 0.274 e. The van der Waals surface area contributed by atoms with Crippen molar-refractivity contribution < 1.29 is 9.53 Å². The van der Waals surface area contributed by atoms with Crippen LogP contribution >= 0.6 is 0 Å². The van der Waals surface area contributed by atoms with Gasteiger partial charge < -0.3 is 9.64 Å². The number of benzene rings is 1. The lowest BCUT2D eigenvalue weighted by atomic mass is 9.94. The molecule has 1 amide bonds. The van der Waals surface area contributed by atoms with Crippen molar-refractivity contribution in [3.63, 3.8) is 0 Å². The Labute approximate surface area is 169 Å². The third-order valence-corrected chi connectivity index (χ3v) is 5.73. The van der Waals surface area contributed by atoms with Crippen molar-refractivity contribution in [2.24, 2.45) is 0 Å². The van der Waals surface area contributed by atoms with E-state index < -0.39 is 0 Å². The smallest absolute Gasteiger partial charge is 0.274 e. The van der Waals surface area contributed by atoms with Crippen LogP contribution in [0.1, 0.15) is 52.6 Å². The van der Waals surface area contributed by atoms with E-state index in [0.717, 1.165) is 61.3 Å². The molecule has 0 spiro atoms. The Hall–Kier alpha value is -3.22. The second kappa shape index (κ2) is 7.66. The summed E-state index contributed by atoms with van der Waals surface area (Å²) in [7, 11) is 0. The molecule has 1 atom stereocenters. The number of carbonyl (C=O) groups excluding carboxylic acids is 1. The second-order valence-corrected chi connectivity index (χ2v) is 7.67. The van der Waals surface area contributed by atoms with Gasteiger partial charge in [0.2, 0.25) is 5.88 Å². The summed E-state index contributed by atoms with van der Waals surface area (Å²) < 4.78 is 5.83. The molecule has 29 heavy (non-hydrogen) atoms. The summed E-state index contributed by atoms with van der Waals surface area (Å²) >= 11 is 0. The van der Waals surface area contributed by atoms with E-state index in [0.29, 0.717) is 18.1 Å². The maximum atomic E-state index is 13.1. The highest BCUT2D eigenvalue weighted by molar-refractivity contribution is 5.94. The van der Waals surface area contributed by atoms with E-state index in [-0.39, 0.29) is 11.8 Å². The van der Waals surface area contributed by atoms with Crippen molar-refractivity contribution in [2.75, 3.05) is 13.1 Å². The van der Waals surface area contributed by atoms with Crippen LogP contribution in [-0.2, 0) is 12.8 Å². The van der Waals surface area contributed by atoms with Crippen molar-refractivity contribution in [3.8, 4) is 11.6 Å². The van der Waals surface area contributed by atoms with Gasteiger partial charge in [0.25, 0.3) is 5.91 Å². The quantitative estimate of drug-likeness (QED) is 0.738. The molecule has 148 valence electrons. The zero-order valence-electron chi connectivity index (χ0n) is 16.2. The van der Waals surface area contributed by atoms with Gasteiger partial charge in [0.1, 0.15) is 5.75 Å². The minimum Gasteiger partial charge on any atom is -0.437 e. The average molecular weight is 389 g/mol. The molecule has 0 unspecified atom stereocenters. The highest BCUT2D eigenvalue weighted by Gasteiger charge is 2.31. The summed E-state index contributed by atoms with van der Waals surface area (Å²) in [6.07, 6.45) is 8.34. The van der Waals surface area contributed by atoms with Gasteiger partial charge in [-0.05, 0) is 44.2 Å². The number of amides is 1. The van der Waals surface area contributed by atoms with E-state index in [9.17, 15) is 4.79 Å². The number of nitrogens with one attached hydrogen (secondary N) is 1. The number of aromatic amines is 1. The summed E-state index contributed by atoms with van der Waals surface area (Å²) in [6.45, 7) is 1.38. The highest BCUT2D eigenvalue weighted by atomic mass is 16.5. The van der Waals surface area contributed by atoms with Crippen molar-refractivity contribution in [2.45, 2.75) is 38.0 Å². The number of aromatic nitrogens is 4. The number of nitrogens with zero attached hydrogens (tertiary/aromatic N) is 4. The Kier molecular flexibility index (Phi) is 4.71. The van der Waals surface area contributed by atoms with Crippen LogP contribution in [0.5, 0.6) is 11.6 Å². The van der Waals surface area contributed by atoms with Crippen LogP contribution in [0.3, 0.4) is 0 Å². The van der Waals surface area contributed by atoms with Gasteiger partial charge in [0.05, 0.1) is 11.9 Å². The van der Waals surface area contributed by atoms with Gasteiger partial charge in [-0.25, -0.2) is 4.98 Å². The molecule has 0 saturated carbocycles. The minimum atomic E-state index is 0.0266. The number of fused-ring (bicyclic) bond motifs is 1. The number of rotatable bonds is 4. The van der Waals surface area contributed by atoms with E-state index in [1.807, 2.05) is 35.2 Å². The van der Waals surface area contributed by atoms with E-state index in [1.165, 1.54) is 0 Å². The number of carbonyl (C=O) groups is 1. The van der Waals surface area contributed by atoms with Gasteiger partial charge in [0, 0.05) is 36.5 Å². The van der Waals surface area contributed by atoms with Crippen LogP contribution in [0.15, 0.2) is 42.7 Å². The van der Waals surface area contributed by atoms with Crippen LogP contribution in [0, 0.1) is 0 Å². The first kappa shape index (κ1) is 17.8. The van der Waals surface area contributed by atoms with E-state index in [2.05, 4.69) is 20.2 Å². The molecule has 1 aromatic carbocycles. The number of piperidine rings is 1. The van der Waals surface area contributed by atoms with Crippen LogP contribution < -0.4 is 4.74 Å². The molecular formula is C22H23N5O2. The Morgan fingerprint density at radius 2 is 2.03 bits per heavy atom. The van der Waals surface area contributed by atoms with Crippen LogP contribution in [-0.4, -0.2) is 44.1 Å². The third kappa shape index (κ3) is 3.60. The number of likely N-dealkylation sites (tertiary alicyclic amines) is 1. The Balaban J connectivity index is 1.32. The third-order valence-electron chi connectivity index (χ3n) is 5.73. The first-order valence-electron chi connectivity index (χ1n) is 10.2. The molecule has 3 aromatic rings. The zero-order chi connectivity index (χ0) is 19.6. The first-order valence-corrected chi connectivity index (χ1v) is 10.2. The molecule has 3 heterocycles. The van der Waals surface area contributed by atoms with Crippen molar-refractivity contribution in [1.29, 1.82) is 0 Å². The van der Waals surface area contributed by atoms with Gasteiger partial charge in [-0.3, -0.25) is 14.9 Å². The SMILES string of the molecule is O=C(c1n[nH]c2c1CCC2)N1CCC[C@H](c2cncc(Oc3ccccc3)n2)C1. The molecule has 0 radical (unpaired) electrons. The molecule has 7 heteroatoms. The second-order valence-electron chi connectivity index (χ2n) is 7.67. The molecular weight excluding hydrogens is 366 g/mol. The van der Waals surface area contributed by atoms with E-state index in [4.69, 9.17) is 4.74 Å². The van der Waals surface area contributed by atoms with Crippen LogP contribution in [0.2, 0.25) is 0 Å². The maximum absolute atomic E-state index is 13.1. The van der Waals surface area contributed by atoms with Gasteiger partial charge >= 0.3 is 0 Å². The number of ether oxygens (including phenoxy) is 1. The predicted octanol–water partition coefficient (Wildman–Crippen LogP) is 3.50. The van der Waals surface area contributed by atoms with Gasteiger partial charge in [-0.15, -0.1) is 0 Å². The average Bonchev–Trinajstić information content (AvgIpc) is 3.38. The topological polar surface area (TPSA) is 84.0 Å². The summed E-state index contributed by atoms with van der Waals surface area (Å²) in [5, 5.41) is 7.35. The lowest BCUT2D eigenvalue weighted by Gasteiger charge is -2.32. The molecule has 1 aliphatic carbocycles. The number of para-hydroxylation sites is 1. The van der Waals surface area contributed by atoms with E-state index >= 15 is 0 Å². The number of H-pyrrole nitrogens is 1. The fourth-order valence-electron chi connectivity index (χ4n) is 4.27. The molecule has 1 saturated heterocycles. The number of aryl methyl sites for hydroxylation is 1. The fraction of sp³-hybridized carbons (Fsp3) is 0.364. The molecule has 2 aliphatic rings. The van der Waals surface area contributed by atoms with Crippen LogP contribution in [0.25, 0.3) is 0 Å². The molecule has 1 aliphatic heterocycles.